The van der Waals surface area contributed by atoms with Gasteiger partial charge in [-0.2, -0.15) is 4.52 Å². The van der Waals surface area contributed by atoms with E-state index in [1.54, 1.807) is 27.2 Å². The lowest BCUT2D eigenvalue weighted by Crippen LogP contribution is -2.47. The van der Waals surface area contributed by atoms with Crippen molar-refractivity contribution in [3.63, 3.8) is 0 Å². The van der Waals surface area contributed by atoms with Crippen LogP contribution in [0.4, 0.5) is 5.69 Å². The van der Waals surface area contributed by atoms with Gasteiger partial charge in [-0.15, -0.1) is 16.4 Å². The van der Waals surface area contributed by atoms with E-state index in [9.17, 15) is 5.11 Å². The number of aromatic hydroxyl groups is 1. The van der Waals surface area contributed by atoms with Gasteiger partial charge in [-0.25, -0.2) is 4.98 Å². The minimum absolute atomic E-state index is 0.0338. The average Bonchev–Trinajstić information content (AvgIpc) is 3.49. The Bertz CT molecular complexity index is 1080. The molecule has 0 amide bonds. The van der Waals surface area contributed by atoms with E-state index >= 15 is 0 Å². The number of rotatable bonds is 5. The van der Waals surface area contributed by atoms with Gasteiger partial charge in [0, 0.05) is 43.2 Å². The van der Waals surface area contributed by atoms with E-state index in [4.69, 9.17) is 0 Å². The maximum atomic E-state index is 11.0. The number of thiophene rings is 1. The van der Waals surface area contributed by atoms with Crippen molar-refractivity contribution in [2.45, 2.75) is 19.4 Å². The van der Waals surface area contributed by atoms with Crippen LogP contribution in [-0.4, -0.2) is 50.8 Å². The van der Waals surface area contributed by atoms with Gasteiger partial charge in [-0.1, -0.05) is 42.5 Å². The van der Waals surface area contributed by atoms with Crippen LogP contribution in [0.1, 0.15) is 28.5 Å². The van der Waals surface area contributed by atoms with E-state index in [-0.39, 0.29) is 11.9 Å². The Morgan fingerprint density at radius 3 is 2.52 bits per heavy atom. The summed E-state index contributed by atoms with van der Waals surface area (Å²) in [7, 11) is 0. The van der Waals surface area contributed by atoms with E-state index in [0.29, 0.717) is 0 Å². The number of anilines is 1. The van der Waals surface area contributed by atoms with Gasteiger partial charge in [0.1, 0.15) is 0 Å². The van der Waals surface area contributed by atoms with Crippen molar-refractivity contribution in [2.75, 3.05) is 31.1 Å². The second-order valence-corrected chi connectivity index (χ2v) is 9.13. The summed E-state index contributed by atoms with van der Waals surface area (Å²) in [6.07, 6.45) is 0.763. The van der Waals surface area contributed by atoms with E-state index in [2.05, 4.69) is 67.7 Å². The smallest absolute Gasteiger partial charge is 0.230 e. The molecular weight excluding hydrogens is 402 g/mol. The van der Waals surface area contributed by atoms with Crippen LogP contribution in [0.3, 0.4) is 0 Å². The Morgan fingerprint density at radius 1 is 1.07 bits per heavy atom. The number of para-hydroxylation sites is 1. The fraction of sp³-hybridized carbons (Fsp3) is 0.333. The van der Waals surface area contributed by atoms with E-state index < -0.39 is 0 Å². The number of hydrogen-bond donors (Lipinski definition) is 1. The van der Waals surface area contributed by atoms with E-state index in [1.165, 1.54) is 10.6 Å². The van der Waals surface area contributed by atoms with Gasteiger partial charge in [0.15, 0.2) is 5.82 Å². The largest absolute Gasteiger partial charge is 0.492 e. The Kier molecular flexibility index (Phi) is 4.99. The van der Waals surface area contributed by atoms with Crippen molar-refractivity contribution in [1.29, 1.82) is 0 Å². The fourth-order valence-corrected chi connectivity index (χ4v) is 5.99. The van der Waals surface area contributed by atoms with Gasteiger partial charge in [-0.05, 0) is 23.6 Å². The molecule has 4 aromatic rings. The average molecular weight is 426 g/mol. The van der Waals surface area contributed by atoms with Crippen LogP contribution >= 0.6 is 22.7 Å². The van der Waals surface area contributed by atoms with Gasteiger partial charge < -0.3 is 10.0 Å². The van der Waals surface area contributed by atoms with Gasteiger partial charge in [0.2, 0.25) is 10.8 Å². The summed E-state index contributed by atoms with van der Waals surface area (Å²) in [6.45, 7) is 5.83. The van der Waals surface area contributed by atoms with Gasteiger partial charge in [0.25, 0.3) is 0 Å². The third-order valence-corrected chi connectivity index (χ3v) is 7.42. The first-order valence-corrected chi connectivity index (χ1v) is 11.6. The van der Waals surface area contributed by atoms with Crippen LogP contribution in [0.25, 0.3) is 4.96 Å². The zero-order chi connectivity index (χ0) is 19.8. The normalized spacial score (nSPS) is 16.5. The molecule has 0 radical (unpaired) electrons. The number of aromatic nitrogens is 3. The van der Waals surface area contributed by atoms with Crippen molar-refractivity contribution in [3.05, 3.63) is 63.4 Å². The highest BCUT2D eigenvalue weighted by atomic mass is 32.1. The maximum absolute atomic E-state index is 11.0. The van der Waals surface area contributed by atoms with Crippen LogP contribution in [0, 0.1) is 0 Å². The Labute approximate surface area is 177 Å². The quantitative estimate of drug-likeness (QED) is 0.523. The standard InChI is InChI=1S/C21H23N5OS2/c1-2-17-22-21-26(23-17)20(27)19(29-21)18(16-9-6-14-28-16)25-12-10-24(11-13-25)15-7-4-3-5-8-15/h3-9,14,18,27H,2,10-13H2,1H3. The molecule has 0 saturated carbocycles. The Morgan fingerprint density at radius 2 is 1.86 bits per heavy atom. The zero-order valence-corrected chi connectivity index (χ0v) is 17.9. The van der Waals surface area contributed by atoms with Gasteiger partial charge in [0.05, 0.1) is 10.9 Å². The minimum Gasteiger partial charge on any atom is -0.492 e. The highest BCUT2D eigenvalue weighted by Gasteiger charge is 2.32. The highest BCUT2D eigenvalue weighted by Crippen LogP contribution is 2.41. The molecule has 1 unspecified atom stereocenters. The van der Waals surface area contributed by atoms with Crippen LogP contribution in [0.5, 0.6) is 5.88 Å². The third-order valence-electron chi connectivity index (χ3n) is 5.42. The fourth-order valence-electron chi connectivity index (χ4n) is 3.92. The molecule has 1 aliphatic rings. The Hall–Kier alpha value is -2.42. The lowest BCUT2D eigenvalue weighted by atomic mass is 10.1. The predicted octanol–water partition coefficient (Wildman–Crippen LogP) is 4.03. The molecule has 1 saturated heterocycles. The van der Waals surface area contributed by atoms with E-state index in [0.717, 1.165) is 48.3 Å². The summed E-state index contributed by atoms with van der Waals surface area (Å²) in [5.74, 6) is 0.989. The number of hydrogen-bond acceptors (Lipinski definition) is 7. The molecule has 1 aliphatic heterocycles. The van der Waals surface area contributed by atoms with Crippen molar-refractivity contribution in [2.24, 2.45) is 0 Å². The zero-order valence-electron chi connectivity index (χ0n) is 16.2. The summed E-state index contributed by atoms with van der Waals surface area (Å²) < 4.78 is 1.60. The van der Waals surface area contributed by atoms with Gasteiger partial charge in [-0.3, -0.25) is 4.90 Å². The van der Waals surface area contributed by atoms with Crippen molar-refractivity contribution < 1.29 is 5.11 Å². The number of fused-ring (bicyclic) bond motifs is 1. The van der Waals surface area contributed by atoms with Crippen LogP contribution in [0.15, 0.2) is 47.8 Å². The lowest BCUT2D eigenvalue weighted by Gasteiger charge is -2.39. The molecule has 29 heavy (non-hydrogen) atoms. The predicted molar refractivity (Wildman–Crippen MR) is 118 cm³/mol. The second-order valence-electron chi connectivity index (χ2n) is 7.14. The summed E-state index contributed by atoms with van der Waals surface area (Å²) in [4.78, 5) is 12.4. The molecule has 3 aromatic heterocycles. The topological polar surface area (TPSA) is 56.9 Å². The number of aryl methyl sites for hydroxylation is 1. The molecule has 1 aromatic carbocycles. The molecule has 5 rings (SSSR count). The second kappa shape index (κ2) is 7.78. The van der Waals surface area contributed by atoms with Crippen LogP contribution in [0.2, 0.25) is 0 Å². The summed E-state index contributed by atoms with van der Waals surface area (Å²) >= 11 is 3.28. The molecule has 1 N–H and O–H groups in total. The van der Waals surface area contributed by atoms with Gasteiger partial charge >= 0.3 is 0 Å². The highest BCUT2D eigenvalue weighted by molar-refractivity contribution is 7.17. The summed E-state index contributed by atoms with van der Waals surface area (Å²) in [6, 6.07) is 14.8. The molecule has 1 atom stereocenters. The maximum Gasteiger partial charge on any atom is 0.230 e. The summed E-state index contributed by atoms with van der Waals surface area (Å²) in [5, 5.41) is 17.5. The molecule has 0 aliphatic carbocycles. The SMILES string of the molecule is CCc1nc2sc(C(c3cccs3)N3CCN(c4ccccc4)CC3)c(O)n2n1. The molecule has 150 valence electrons. The molecule has 1 fully saturated rings. The van der Waals surface area contributed by atoms with Crippen LogP contribution < -0.4 is 4.90 Å². The first-order valence-electron chi connectivity index (χ1n) is 9.89. The number of thiazole rings is 1. The minimum atomic E-state index is 0.0338. The first kappa shape index (κ1) is 18.6. The monoisotopic (exact) mass is 425 g/mol. The molecule has 0 bridgehead atoms. The molecule has 8 heteroatoms. The molecular formula is C21H23N5OS2. The molecule has 0 spiro atoms. The third kappa shape index (κ3) is 3.41. The first-order chi connectivity index (χ1) is 14.2. The molecule has 6 nitrogen and oxygen atoms in total. The number of piperazine rings is 1. The summed E-state index contributed by atoms with van der Waals surface area (Å²) in [5.41, 5.74) is 1.27. The van der Waals surface area contributed by atoms with Crippen molar-refractivity contribution in [1.82, 2.24) is 19.5 Å². The van der Waals surface area contributed by atoms with Crippen LogP contribution in [-0.2, 0) is 6.42 Å². The number of benzene rings is 1. The van der Waals surface area contributed by atoms with Crippen molar-refractivity contribution >= 4 is 33.3 Å². The Balaban J connectivity index is 1.45. The molecule has 4 heterocycles. The van der Waals surface area contributed by atoms with Crippen molar-refractivity contribution in [3.8, 4) is 5.88 Å². The lowest BCUT2D eigenvalue weighted by molar-refractivity contribution is 0.213. The number of nitrogens with zero attached hydrogens (tertiary/aromatic N) is 5. The van der Waals surface area contributed by atoms with E-state index in [1.807, 2.05) is 6.92 Å².